The van der Waals surface area contributed by atoms with Crippen molar-refractivity contribution in [1.82, 2.24) is 14.9 Å². The Labute approximate surface area is 154 Å². The highest BCUT2D eigenvalue weighted by Crippen LogP contribution is 2.23. The molecule has 0 saturated heterocycles. The smallest absolute Gasteiger partial charge is 0.130 e. The zero-order valence-corrected chi connectivity index (χ0v) is 15.2. The normalized spacial score (nSPS) is 10.7. The molecule has 3 rings (SSSR count). The molecule has 1 N–H and O–H groups in total. The molecule has 5 heteroatoms. The van der Waals surface area contributed by atoms with Gasteiger partial charge in [0.2, 0.25) is 0 Å². The number of anilines is 1. The number of pyridine rings is 2. The third-order valence-electron chi connectivity index (χ3n) is 4.24. The zero-order chi connectivity index (χ0) is 18.2. The maximum atomic E-state index is 5.53. The van der Waals surface area contributed by atoms with Crippen LogP contribution in [0, 0.1) is 0 Å². The number of para-hydroxylation sites is 1. The second-order valence-electron chi connectivity index (χ2n) is 6.08. The first kappa shape index (κ1) is 17.9. The molecule has 134 valence electrons. The zero-order valence-electron chi connectivity index (χ0n) is 15.2. The molecule has 0 aliphatic rings. The molecule has 0 atom stereocenters. The fraction of sp³-hybridized carbons (Fsp3) is 0.238. The van der Waals surface area contributed by atoms with Gasteiger partial charge in [-0.15, -0.1) is 0 Å². The van der Waals surface area contributed by atoms with Crippen LogP contribution in [0.5, 0.6) is 5.75 Å². The minimum atomic E-state index is 0.775. The van der Waals surface area contributed by atoms with Gasteiger partial charge in [0.15, 0.2) is 0 Å². The van der Waals surface area contributed by atoms with Crippen molar-refractivity contribution in [3.05, 3.63) is 83.8 Å². The van der Waals surface area contributed by atoms with Crippen LogP contribution in [0.1, 0.15) is 16.7 Å². The van der Waals surface area contributed by atoms with Gasteiger partial charge in [0, 0.05) is 56.4 Å². The standard InChI is InChI=1S/C21H24N4O/c1-22-21-19(9-6-12-24-21)16-25(14-17-7-5-11-23-13-17)15-18-8-3-4-10-20(18)26-2/h3-13H,14-16H2,1-2H3,(H,22,24). The SMILES string of the molecule is CNc1ncccc1CN(Cc1cccnc1)Cc1ccccc1OC. The highest BCUT2D eigenvalue weighted by Gasteiger charge is 2.13. The lowest BCUT2D eigenvalue weighted by molar-refractivity contribution is 0.243. The van der Waals surface area contributed by atoms with Gasteiger partial charge in [-0.05, 0) is 23.8 Å². The van der Waals surface area contributed by atoms with E-state index in [-0.39, 0.29) is 0 Å². The minimum Gasteiger partial charge on any atom is -0.496 e. The minimum absolute atomic E-state index is 0.775. The fourth-order valence-corrected chi connectivity index (χ4v) is 3.02. The van der Waals surface area contributed by atoms with Gasteiger partial charge in [-0.2, -0.15) is 0 Å². The molecule has 26 heavy (non-hydrogen) atoms. The first-order valence-electron chi connectivity index (χ1n) is 8.65. The van der Waals surface area contributed by atoms with Crippen LogP contribution in [-0.2, 0) is 19.6 Å². The van der Waals surface area contributed by atoms with E-state index in [2.05, 4.69) is 38.4 Å². The third kappa shape index (κ3) is 4.58. The van der Waals surface area contributed by atoms with Crippen molar-refractivity contribution < 1.29 is 4.74 Å². The quantitative estimate of drug-likeness (QED) is 0.672. The van der Waals surface area contributed by atoms with Crippen molar-refractivity contribution in [3.63, 3.8) is 0 Å². The summed E-state index contributed by atoms with van der Waals surface area (Å²) in [5.41, 5.74) is 3.50. The summed E-state index contributed by atoms with van der Waals surface area (Å²) in [4.78, 5) is 11.0. The summed E-state index contributed by atoms with van der Waals surface area (Å²) in [5.74, 6) is 1.81. The Morgan fingerprint density at radius 3 is 2.46 bits per heavy atom. The van der Waals surface area contributed by atoms with Gasteiger partial charge in [0.1, 0.15) is 11.6 Å². The Hall–Kier alpha value is -2.92. The molecule has 0 fully saturated rings. The second kappa shape index (κ2) is 8.97. The van der Waals surface area contributed by atoms with E-state index in [1.807, 2.05) is 43.6 Å². The number of ether oxygens (including phenoxy) is 1. The van der Waals surface area contributed by atoms with Gasteiger partial charge in [-0.3, -0.25) is 9.88 Å². The van der Waals surface area contributed by atoms with Gasteiger partial charge in [0.05, 0.1) is 7.11 Å². The summed E-state index contributed by atoms with van der Waals surface area (Å²) >= 11 is 0. The van der Waals surface area contributed by atoms with Crippen LogP contribution in [0.25, 0.3) is 0 Å². The van der Waals surface area contributed by atoms with Crippen LogP contribution in [0.2, 0.25) is 0 Å². The van der Waals surface area contributed by atoms with Crippen LogP contribution >= 0.6 is 0 Å². The van der Waals surface area contributed by atoms with Crippen molar-refractivity contribution in [2.45, 2.75) is 19.6 Å². The monoisotopic (exact) mass is 348 g/mol. The molecule has 5 nitrogen and oxygen atoms in total. The molecule has 1 aromatic carbocycles. The molecule has 2 aromatic heterocycles. The van der Waals surface area contributed by atoms with Gasteiger partial charge in [0.25, 0.3) is 0 Å². The van der Waals surface area contributed by atoms with Crippen LogP contribution in [0.3, 0.4) is 0 Å². The predicted molar refractivity (Wildman–Crippen MR) is 104 cm³/mol. The van der Waals surface area contributed by atoms with E-state index in [1.165, 1.54) is 5.56 Å². The third-order valence-corrected chi connectivity index (χ3v) is 4.24. The largest absolute Gasteiger partial charge is 0.496 e. The lowest BCUT2D eigenvalue weighted by Gasteiger charge is -2.24. The maximum absolute atomic E-state index is 5.53. The average Bonchev–Trinajstić information content (AvgIpc) is 2.69. The van der Waals surface area contributed by atoms with Crippen LogP contribution in [0.4, 0.5) is 5.82 Å². The molecule has 0 unspecified atom stereocenters. The number of rotatable bonds is 8. The van der Waals surface area contributed by atoms with E-state index in [1.54, 1.807) is 19.5 Å². The molecular formula is C21H24N4O. The van der Waals surface area contributed by atoms with Crippen molar-refractivity contribution in [2.75, 3.05) is 19.5 Å². The van der Waals surface area contributed by atoms with E-state index in [9.17, 15) is 0 Å². The molecule has 0 spiro atoms. The molecule has 0 aliphatic carbocycles. The molecule has 2 heterocycles. The number of benzene rings is 1. The average molecular weight is 348 g/mol. The lowest BCUT2D eigenvalue weighted by Crippen LogP contribution is -2.23. The summed E-state index contributed by atoms with van der Waals surface area (Å²) < 4.78 is 5.53. The summed E-state index contributed by atoms with van der Waals surface area (Å²) in [7, 11) is 3.61. The molecular weight excluding hydrogens is 324 g/mol. The number of nitrogens with zero attached hydrogens (tertiary/aromatic N) is 3. The highest BCUT2D eigenvalue weighted by atomic mass is 16.5. The van der Waals surface area contributed by atoms with E-state index in [0.29, 0.717) is 0 Å². The van der Waals surface area contributed by atoms with E-state index >= 15 is 0 Å². The highest BCUT2D eigenvalue weighted by molar-refractivity contribution is 5.43. The topological polar surface area (TPSA) is 50.3 Å². The summed E-state index contributed by atoms with van der Waals surface area (Å²) in [5, 5.41) is 3.18. The van der Waals surface area contributed by atoms with Crippen molar-refractivity contribution >= 4 is 5.82 Å². The van der Waals surface area contributed by atoms with E-state index in [4.69, 9.17) is 4.74 Å². The Bertz CT molecular complexity index is 774. The maximum Gasteiger partial charge on any atom is 0.130 e. The molecule has 0 radical (unpaired) electrons. The Kier molecular flexibility index (Phi) is 6.17. The molecule has 0 amide bonds. The van der Waals surface area contributed by atoms with Gasteiger partial charge in [-0.1, -0.05) is 30.3 Å². The second-order valence-corrected chi connectivity index (χ2v) is 6.08. The predicted octanol–water partition coefficient (Wildman–Crippen LogP) is 3.73. The first-order chi connectivity index (χ1) is 12.8. The number of aromatic nitrogens is 2. The Balaban J connectivity index is 1.86. The van der Waals surface area contributed by atoms with Gasteiger partial charge < -0.3 is 10.1 Å². The number of hydrogen-bond donors (Lipinski definition) is 1. The molecule has 0 aliphatic heterocycles. The molecule has 3 aromatic rings. The van der Waals surface area contributed by atoms with Crippen LogP contribution in [0.15, 0.2) is 67.1 Å². The summed E-state index contributed by atoms with van der Waals surface area (Å²) in [6.45, 7) is 2.35. The van der Waals surface area contributed by atoms with Crippen molar-refractivity contribution in [2.24, 2.45) is 0 Å². The van der Waals surface area contributed by atoms with Crippen LogP contribution in [-0.4, -0.2) is 29.0 Å². The summed E-state index contributed by atoms with van der Waals surface area (Å²) in [6, 6.07) is 16.3. The van der Waals surface area contributed by atoms with Crippen LogP contribution < -0.4 is 10.1 Å². The van der Waals surface area contributed by atoms with E-state index < -0.39 is 0 Å². The first-order valence-corrected chi connectivity index (χ1v) is 8.65. The van der Waals surface area contributed by atoms with Crippen molar-refractivity contribution in [3.8, 4) is 5.75 Å². The number of hydrogen-bond acceptors (Lipinski definition) is 5. The fourth-order valence-electron chi connectivity index (χ4n) is 3.02. The molecule has 0 saturated carbocycles. The molecule has 0 bridgehead atoms. The summed E-state index contributed by atoms with van der Waals surface area (Å²) in [6.07, 6.45) is 5.52. The van der Waals surface area contributed by atoms with E-state index in [0.717, 1.165) is 42.3 Å². The number of methoxy groups -OCH3 is 1. The Morgan fingerprint density at radius 2 is 1.69 bits per heavy atom. The van der Waals surface area contributed by atoms with Gasteiger partial charge in [-0.25, -0.2) is 4.98 Å². The lowest BCUT2D eigenvalue weighted by atomic mass is 10.1. The van der Waals surface area contributed by atoms with Gasteiger partial charge >= 0.3 is 0 Å². The number of nitrogens with one attached hydrogen (secondary N) is 1. The Morgan fingerprint density at radius 1 is 0.923 bits per heavy atom. The van der Waals surface area contributed by atoms with Crippen molar-refractivity contribution in [1.29, 1.82) is 0 Å².